The highest BCUT2D eigenvalue weighted by Crippen LogP contribution is 2.37. The molecule has 0 saturated heterocycles. The van der Waals surface area contributed by atoms with Crippen LogP contribution >= 0.6 is 15.9 Å². The number of carbonyl (C=O) groups excluding carboxylic acids is 1. The Hall–Kier alpha value is -3.14. The third kappa shape index (κ3) is 4.39. The number of nitro benzene ring substituents is 1. The number of fused-ring (bicyclic) bond motifs is 1. The molecule has 0 spiro atoms. The van der Waals surface area contributed by atoms with Crippen molar-refractivity contribution >= 4 is 33.7 Å². The van der Waals surface area contributed by atoms with Gasteiger partial charge in [0, 0.05) is 0 Å². The predicted molar refractivity (Wildman–Crippen MR) is 104 cm³/mol. The van der Waals surface area contributed by atoms with Crippen molar-refractivity contribution in [3.8, 4) is 17.2 Å². The first-order valence-electron chi connectivity index (χ1n) is 8.14. The molecule has 9 nitrogen and oxygen atoms in total. The van der Waals surface area contributed by atoms with Gasteiger partial charge in [-0.2, -0.15) is 5.10 Å². The van der Waals surface area contributed by atoms with Crippen LogP contribution in [0, 0.1) is 24.0 Å². The van der Waals surface area contributed by atoms with E-state index in [0.29, 0.717) is 17.2 Å². The van der Waals surface area contributed by atoms with Crippen LogP contribution in [0.5, 0.6) is 17.2 Å². The van der Waals surface area contributed by atoms with Crippen molar-refractivity contribution in [3.05, 3.63) is 55.5 Å². The van der Waals surface area contributed by atoms with Gasteiger partial charge in [0.15, 0.2) is 18.1 Å². The molecule has 10 heteroatoms. The molecule has 1 heterocycles. The fourth-order valence-corrected chi connectivity index (χ4v) is 3.43. The number of hydrogen-bond acceptors (Lipinski definition) is 7. The van der Waals surface area contributed by atoms with Crippen molar-refractivity contribution in [2.45, 2.75) is 13.8 Å². The van der Waals surface area contributed by atoms with E-state index in [-0.39, 0.29) is 24.7 Å². The molecule has 0 atom stereocenters. The molecule has 0 radical (unpaired) electrons. The minimum Gasteiger partial charge on any atom is -0.482 e. The van der Waals surface area contributed by atoms with E-state index in [1.807, 2.05) is 26.0 Å². The molecule has 1 N–H and O–H groups in total. The molecule has 1 aliphatic rings. The van der Waals surface area contributed by atoms with E-state index < -0.39 is 10.8 Å². The number of nitro groups is 1. The summed E-state index contributed by atoms with van der Waals surface area (Å²) < 4.78 is 16.6. The van der Waals surface area contributed by atoms with Crippen LogP contribution in [0.1, 0.15) is 16.7 Å². The quantitative estimate of drug-likeness (QED) is 0.411. The maximum atomic E-state index is 12.0. The van der Waals surface area contributed by atoms with E-state index in [1.54, 1.807) is 0 Å². The van der Waals surface area contributed by atoms with Crippen LogP contribution in [0.2, 0.25) is 0 Å². The number of nitrogens with zero attached hydrogens (tertiary/aromatic N) is 2. The van der Waals surface area contributed by atoms with E-state index >= 15 is 0 Å². The second-order valence-electron chi connectivity index (χ2n) is 6.00. The normalized spacial score (nSPS) is 12.2. The fourth-order valence-electron chi connectivity index (χ4n) is 2.64. The molecule has 0 unspecified atom stereocenters. The van der Waals surface area contributed by atoms with Gasteiger partial charge in [-0.05, 0) is 53.0 Å². The first-order valence-corrected chi connectivity index (χ1v) is 8.94. The summed E-state index contributed by atoms with van der Waals surface area (Å²) in [6.07, 6.45) is 1.17. The maximum absolute atomic E-state index is 12.0. The van der Waals surface area contributed by atoms with Gasteiger partial charge in [0.1, 0.15) is 5.75 Å². The standard InChI is InChI=1S/C18H16BrN3O6/c1-10-3-11(2)18(13(19)4-10)26-8-17(23)21-20-7-12-5-15-16(28-9-27-15)6-14(12)22(24)25/h3-7H,8-9H2,1-2H3,(H,21,23)/b20-7-. The third-order valence-corrected chi connectivity index (χ3v) is 4.42. The lowest BCUT2D eigenvalue weighted by Crippen LogP contribution is -2.25. The highest BCUT2D eigenvalue weighted by molar-refractivity contribution is 9.10. The molecule has 2 aromatic carbocycles. The van der Waals surface area contributed by atoms with E-state index in [0.717, 1.165) is 15.6 Å². The van der Waals surface area contributed by atoms with Crippen molar-refractivity contribution in [3.63, 3.8) is 0 Å². The average Bonchev–Trinajstić information content (AvgIpc) is 3.07. The summed E-state index contributed by atoms with van der Waals surface area (Å²) in [6.45, 7) is 3.57. The van der Waals surface area contributed by atoms with Gasteiger partial charge in [0.2, 0.25) is 6.79 Å². The van der Waals surface area contributed by atoms with Crippen LogP contribution in [-0.2, 0) is 4.79 Å². The second-order valence-corrected chi connectivity index (χ2v) is 6.85. The summed E-state index contributed by atoms with van der Waals surface area (Å²) in [4.78, 5) is 22.6. The van der Waals surface area contributed by atoms with Gasteiger partial charge in [0.25, 0.3) is 11.6 Å². The van der Waals surface area contributed by atoms with Crippen LogP contribution in [0.15, 0.2) is 33.8 Å². The molecule has 1 aliphatic heterocycles. The van der Waals surface area contributed by atoms with Gasteiger partial charge in [-0.25, -0.2) is 5.43 Å². The number of rotatable bonds is 6. The van der Waals surface area contributed by atoms with Gasteiger partial charge < -0.3 is 14.2 Å². The number of carbonyl (C=O) groups is 1. The smallest absolute Gasteiger partial charge is 0.282 e. The molecule has 0 aliphatic carbocycles. The Morgan fingerprint density at radius 1 is 1.32 bits per heavy atom. The molecule has 28 heavy (non-hydrogen) atoms. The minimum absolute atomic E-state index is 0.00482. The zero-order chi connectivity index (χ0) is 20.3. The maximum Gasteiger partial charge on any atom is 0.282 e. The molecule has 0 aromatic heterocycles. The number of hydrogen-bond donors (Lipinski definition) is 1. The minimum atomic E-state index is -0.564. The second kappa shape index (κ2) is 8.26. The van der Waals surface area contributed by atoms with Crippen molar-refractivity contribution in [1.82, 2.24) is 5.43 Å². The summed E-state index contributed by atoms with van der Waals surface area (Å²) >= 11 is 3.41. The van der Waals surface area contributed by atoms with Crippen molar-refractivity contribution in [2.75, 3.05) is 13.4 Å². The van der Waals surface area contributed by atoms with Crippen LogP contribution < -0.4 is 19.6 Å². The number of amides is 1. The monoisotopic (exact) mass is 449 g/mol. The predicted octanol–water partition coefficient (Wildman–Crippen LogP) is 3.23. The zero-order valence-corrected chi connectivity index (χ0v) is 16.6. The molecule has 0 saturated carbocycles. The summed E-state index contributed by atoms with van der Waals surface area (Å²) in [5.74, 6) is 0.726. The highest BCUT2D eigenvalue weighted by Gasteiger charge is 2.22. The van der Waals surface area contributed by atoms with Crippen LogP contribution in [0.25, 0.3) is 0 Å². The van der Waals surface area contributed by atoms with Gasteiger partial charge in [-0.15, -0.1) is 0 Å². The number of nitrogens with one attached hydrogen (secondary N) is 1. The van der Waals surface area contributed by atoms with Gasteiger partial charge in [-0.3, -0.25) is 14.9 Å². The van der Waals surface area contributed by atoms with Crippen molar-refractivity contribution in [2.24, 2.45) is 5.10 Å². The summed E-state index contributed by atoms with van der Waals surface area (Å²) in [5, 5.41) is 15.0. The van der Waals surface area contributed by atoms with Gasteiger partial charge >= 0.3 is 0 Å². The molecule has 0 bridgehead atoms. The Morgan fingerprint density at radius 2 is 2.04 bits per heavy atom. The molecule has 0 fully saturated rings. The third-order valence-electron chi connectivity index (χ3n) is 3.83. The van der Waals surface area contributed by atoms with Crippen molar-refractivity contribution < 1.29 is 23.9 Å². The highest BCUT2D eigenvalue weighted by atomic mass is 79.9. The average molecular weight is 450 g/mol. The van der Waals surface area contributed by atoms with E-state index in [9.17, 15) is 14.9 Å². The molecular formula is C18H16BrN3O6. The number of hydrazone groups is 1. The van der Waals surface area contributed by atoms with E-state index in [1.165, 1.54) is 18.3 Å². The van der Waals surface area contributed by atoms with Gasteiger partial charge in [0.05, 0.1) is 27.2 Å². The lowest BCUT2D eigenvalue weighted by atomic mass is 10.1. The zero-order valence-electron chi connectivity index (χ0n) is 15.0. The van der Waals surface area contributed by atoms with Crippen LogP contribution in [0.4, 0.5) is 5.69 Å². The topological polar surface area (TPSA) is 112 Å². The van der Waals surface area contributed by atoms with Crippen LogP contribution in [0.3, 0.4) is 0 Å². The Morgan fingerprint density at radius 3 is 2.71 bits per heavy atom. The molecule has 146 valence electrons. The Kier molecular flexibility index (Phi) is 5.78. The number of benzene rings is 2. The molecule has 1 amide bonds. The lowest BCUT2D eigenvalue weighted by Gasteiger charge is -2.11. The van der Waals surface area contributed by atoms with Crippen molar-refractivity contribution in [1.29, 1.82) is 0 Å². The summed E-state index contributed by atoms with van der Waals surface area (Å²) in [7, 11) is 0. The number of halogens is 1. The Labute approximate surface area is 168 Å². The summed E-state index contributed by atoms with van der Waals surface area (Å²) in [5.41, 5.74) is 4.20. The first kappa shape index (κ1) is 19.6. The summed E-state index contributed by atoms with van der Waals surface area (Å²) in [6, 6.07) is 6.51. The number of aryl methyl sites for hydroxylation is 2. The first-order chi connectivity index (χ1) is 13.3. The van der Waals surface area contributed by atoms with E-state index in [4.69, 9.17) is 14.2 Å². The van der Waals surface area contributed by atoms with Gasteiger partial charge in [-0.1, -0.05) is 6.07 Å². The number of ether oxygens (including phenoxy) is 3. The van der Waals surface area contributed by atoms with Crippen LogP contribution in [-0.4, -0.2) is 30.4 Å². The Bertz CT molecular complexity index is 953. The molecule has 2 aromatic rings. The fraction of sp³-hybridized carbons (Fsp3) is 0.222. The SMILES string of the molecule is Cc1cc(C)c(OCC(=O)N/N=C\c2cc3c(cc2[N+](=O)[O-])OCO3)c(Br)c1. The largest absolute Gasteiger partial charge is 0.482 e. The van der Waals surface area contributed by atoms with E-state index in [2.05, 4.69) is 26.5 Å². The molecule has 3 rings (SSSR count). The Balaban J connectivity index is 1.64. The molecular weight excluding hydrogens is 434 g/mol. The lowest BCUT2D eigenvalue weighted by molar-refractivity contribution is -0.385.